The quantitative estimate of drug-likeness (QED) is 0.683. The van der Waals surface area contributed by atoms with E-state index in [9.17, 15) is 0 Å². The number of fused-ring (bicyclic) bond motifs is 1. The molecule has 1 aliphatic rings. The van der Waals surface area contributed by atoms with Gasteiger partial charge in [-0.15, -0.1) is 0 Å². The van der Waals surface area contributed by atoms with Crippen molar-refractivity contribution in [1.82, 2.24) is 19.6 Å². The van der Waals surface area contributed by atoms with Gasteiger partial charge in [-0.25, -0.2) is 4.98 Å². The molecule has 3 heterocycles. The van der Waals surface area contributed by atoms with Crippen LogP contribution in [0, 0.1) is 18.8 Å². The number of pyridine rings is 1. The normalized spacial score (nSPS) is 19.9. The molecule has 4 rings (SSSR count). The van der Waals surface area contributed by atoms with Gasteiger partial charge in [-0.3, -0.25) is 4.98 Å². The lowest BCUT2D eigenvalue weighted by molar-refractivity contribution is 0.268. The van der Waals surface area contributed by atoms with Crippen LogP contribution >= 0.6 is 0 Å². The Balaban J connectivity index is 1.53. The maximum absolute atomic E-state index is 4.80. The van der Waals surface area contributed by atoms with Crippen LogP contribution in [0.4, 0.5) is 11.6 Å². The van der Waals surface area contributed by atoms with Gasteiger partial charge >= 0.3 is 0 Å². The first-order valence-corrected chi connectivity index (χ1v) is 9.93. The summed E-state index contributed by atoms with van der Waals surface area (Å²) in [6.07, 6.45) is 10.9. The number of nitrogens with one attached hydrogen (secondary N) is 2. The Hall–Kier alpha value is -2.63. The number of hydrogen-bond acceptors (Lipinski definition) is 5. The molecular weight excluding hydrogens is 336 g/mol. The Labute approximate surface area is 160 Å². The molecule has 0 bridgehead atoms. The lowest BCUT2D eigenvalue weighted by Crippen LogP contribution is -2.24. The van der Waals surface area contributed by atoms with Gasteiger partial charge in [0.15, 0.2) is 5.65 Å². The molecule has 6 heteroatoms. The maximum Gasteiger partial charge on any atom is 0.162 e. The highest BCUT2D eigenvalue weighted by molar-refractivity contribution is 5.59. The Morgan fingerprint density at radius 2 is 2.07 bits per heavy atom. The van der Waals surface area contributed by atoms with Crippen molar-refractivity contribution in [2.75, 3.05) is 17.2 Å². The van der Waals surface area contributed by atoms with Gasteiger partial charge in [-0.1, -0.05) is 32.3 Å². The summed E-state index contributed by atoms with van der Waals surface area (Å²) in [7, 11) is 0. The molecule has 2 atom stereocenters. The van der Waals surface area contributed by atoms with E-state index in [1.165, 1.54) is 25.7 Å². The molecule has 0 saturated heterocycles. The lowest BCUT2D eigenvalue weighted by atomic mass is 9.80. The largest absolute Gasteiger partial charge is 0.370 e. The van der Waals surface area contributed by atoms with Crippen molar-refractivity contribution in [3.05, 3.63) is 47.9 Å². The van der Waals surface area contributed by atoms with Crippen molar-refractivity contribution in [1.29, 1.82) is 0 Å². The van der Waals surface area contributed by atoms with E-state index in [-0.39, 0.29) is 0 Å². The van der Waals surface area contributed by atoms with Crippen LogP contribution in [0.1, 0.15) is 43.7 Å². The zero-order valence-electron chi connectivity index (χ0n) is 16.2. The predicted octanol–water partition coefficient (Wildman–Crippen LogP) is 4.28. The topological polar surface area (TPSA) is 67.1 Å². The second-order valence-electron chi connectivity index (χ2n) is 7.71. The average molecular weight is 364 g/mol. The molecule has 0 unspecified atom stereocenters. The highest BCUT2D eigenvalue weighted by Gasteiger charge is 2.21. The van der Waals surface area contributed by atoms with Gasteiger partial charge in [0, 0.05) is 37.1 Å². The van der Waals surface area contributed by atoms with Crippen LogP contribution in [0.3, 0.4) is 0 Å². The molecule has 0 spiro atoms. The molecule has 6 nitrogen and oxygen atoms in total. The summed E-state index contributed by atoms with van der Waals surface area (Å²) in [5.41, 5.74) is 3.11. The molecule has 1 saturated carbocycles. The van der Waals surface area contributed by atoms with Crippen LogP contribution in [0.5, 0.6) is 0 Å². The number of hydrogen-bond donors (Lipinski definition) is 2. The molecule has 27 heavy (non-hydrogen) atoms. The van der Waals surface area contributed by atoms with Crippen molar-refractivity contribution in [3.8, 4) is 0 Å². The van der Waals surface area contributed by atoms with E-state index in [1.54, 1.807) is 6.20 Å². The number of aryl methyl sites for hydroxylation is 1. The molecule has 0 aromatic carbocycles. The first-order valence-electron chi connectivity index (χ1n) is 9.93. The fourth-order valence-corrected chi connectivity index (χ4v) is 3.92. The third-order valence-corrected chi connectivity index (χ3v) is 5.68. The Morgan fingerprint density at radius 1 is 1.19 bits per heavy atom. The lowest BCUT2D eigenvalue weighted by Gasteiger charge is -2.29. The minimum Gasteiger partial charge on any atom is -0.370 e. The summed E-state index contributed by atoms with van der Waals surface area (Å²) in [6, 6.07) is 6.08. The minimum absolute atomic E-state index is 0.699. The average Bonchev–Trinajstić information content (AvgIpc) is 3.07. The van der Waals surface area contributed by atoms with Crippen LogP contribution in [-0.4, -0.2) is 26.1 Å². The Morgan fingerprint density at radius 3 is 2.89 bits per heavy atom. The Bertz CT molecular complexity index is 888. The van der Waals surface area contributed by atoms with Gasteiger partial charge in [0.25, 0.3) is 0 Å². The number of anilines is 2. The standard InChI is InChI=1S/C21H28N6/c1-15-6-3-4-8-18(15)14-23-19-10-20(24-13-17-7-5-9-22-12-17)27-21(26-19)16(2)11-25-27/h5,7,9-12,15,18,24H,3-4,6,8,13-14H2,1-2H3,(H,23,26)/t15-,18-/m1/s1. The first kappa shape index (κ1) is 17.8. The van der Waals surface area contributed by atoms with Gasteiger partial charge < -0.3 is 10.6 Å². The summed E-state index contributed by atoms with van der Waals surface area (Å²) >= 11 is 0. The van der Waals surface area contributed by atoms with Crippen LogP contribution in [0.25, 0.3) is 5.65 Å². The van der Waals surface area contributed by atoms with E-state index in [4.69, 9.17) is 4.98 Å². The monoisotopic (exact) mass is 364 g/mol. The summed E-state index contributed by atoms with van der Waals surface area (Å²) in [6.45, 7) is 6.11. The Kier molecular flexibility index (Phi) is 5.23. The van der Waals surface area contributed by atoms with Gasteiger partial charge in [0.05, 0.1) is 6.20 Å². The molecule has 1 fully saturated rings. The third-order valence-electron chi connectivity index (χ3n) is 5.68. The molecule has 0 radical (unpaired) electrons. The molecule has 3 aromatic rings. The molecule has 1 aliphatic carbocycles. The smallest absolute Gasteiger partial charge is 0.162 e. The predicted molar refractivity (Wildman–Crippen MR) is 109 cm³/mol. The molecule has 3 aromatic heterocycles. The molecular formula is C21H28N6. The second kappa shape index (κ2) is 7.94. The zero-order chi connectivity index (χ0) is 18.6. The van der Waals surface area contributed by atoms with Crippen molar-refractivity contribution in [2.24, 2.45) is 11.8 Å². The van der Waals surface area contributed by atoms with Crippen molar-refractivity contribution >= 4 is 17.3 Å². The van der Waals surface area contributed by atoms with Gasteiger partial charge in [-0.2, -0.15) is 9.61 Å². The van der Waals surface area contributed by atoms with Crippen molar-refractivity contribution in [2.45, 2.75) is 46.1 Å². The summed E-state index contributed by atoms with van der Waals surface area (Å²) in [5.74, 6) is 3.37. The van der Waals surface area contributed by atoms with Gasteiger partial charge in [0.2, 0.25) is 0 Å². The second-order valence-corrected chi connectivity index (χ2v) is 7.71. The fraction of sp³-hybridized carbons (Fsp3) is 0.476. The van der Waals surface area contributed by atoms with E-state index in [2.05, 4.69) is 39.8 Å². The highest BCUT2D eigenvalue weighted by atomic mass is 15.3. The molecule has 0 amide bonds. The zero-order valence-corrected chi connectivity index (χ0v) is 16.2. The van der Waals surface area contributed by atoms with Gasteiger partial charge in [-0.05, 0) is 36.8 Å². The van der Waals surface area contributed by atoms with Crippen LogP contribution in [0.2, 0.25) is 0 Å². The highest BCUT2D eigenvalue weighted by Crippen LogP contribution is 2.30. The number of aromatic nitrogens is 4. The first-order chi connectivity index (χ1) is 13.2. The summed E-state index contributed by atoms with van der Waals surface area (Å²) in [5, 5.41) is 11.6. The van der Waals surface area contributed by atoms with E-state index in [1.807, 2.05) is 29.9 Å². The molecule has 142 valence electrons. The van der Waals surface area contributed by atoms with E-state index < -0.39 is 0 Å². The minimum atomic E-state index is 0.699. The summed E-state index contributed by atoms with van der Waals surface area (Å²) < 4.78 is 1.88. The van der Waals surface area contributed by atoms with Crippen molar-refractivity contribution < 1.29 is 0 Å². The third kappa shape index (κ3) is 4.04. The van der Waals surface area contributed by atoms with Crippen LogP contribution < -0.4 is 10.6 Å². The molecule has 0 aliphatic heterocycles. The van der Waals surface area contributed by atoms with E-state index in [0.29, 0.717) is 6.54 Å². The number of rotatable bonds is 6. The van der Waals surface area contributed by atoms with Gasteiger partial charge in [0.1, 0.15) is 11.6 Å². The fourth-order valence-electron chi connectivity index (χ4n) is 3.92. The van der Waals surface area contributed by atoms with Crippen LogP contribution in [0.15, 0.2) is 36.8 Å². The van der Waals surface area contributed by atoms with Crippen molar-refractivity contribution in [3.63, 3.8) is 0 Å². The van der Waals surface area contributed by atoms with E-state index >= 15 is 0 Å². The maximum atomic E-state index is 4.80. The summed E-state index contributed by atoms with van der Waals surface area (Å²) in [4.78, 5) is 8.98. The molecule has 2 N–H and O–H groups in total. The SMILES string of the molecule is Cc1cnn2c(NCc3cccnc3)cc(NC[C@H]3CCCC[C@H]3C)nc12. The van der Waals surface area contributed by atoms with E-state index in [0.717, 1.165) is 46.8 Å². The number of nitrogens with zero attached hydrogens (tertiary/aromatic N) is 4. The van der Waals surface area contributed by atoms with Crippen LogP contribution in [-0.2, 0) is 6.54 Å².